The molecule has 0 saturated carbocycles. The van der Waals surface area contributed by atoms with Gasteiger partial charge in [0.25, 0.3) is 5.91 Å². The second-order valence-electron chi connectivity index (χ2n) is 6.69. The maximum atomic E-state index is 13.1. The molecule has 1 heterocycles. The van der Waals surface area contributed by atoms with Crippen LogP contribution < -0.4 is 11.1 Å². The number of piperidine rings is 1. The van der Waals surface area contributed by atoms with Crippen molar-refractivity contribution in [3.05, 3.63) is 71.8 Å². The van der Waals surface area contributed by atoms with E-state index in [0.717, 1.165) is 5.56 Å². The zero-order chi connectivity index (χ0) is 19.2. The minimum absolute atomic E-state index is 0.173. The van der Waals surface area contributed by atoms with Crippen LogP contribution in [-0.2, 0) is 9.59 Å². The molecule has 2 aromatic carbocycles. The molecule has 0 bridgehead atoms. The van der Waals surface area contributed by atoms with Crippen molar-refractivity contribution in [3.63, 3.8) is 0 Å². The highest BCUT2D eigenvalue weighted by molar-refractivity contribution is 5.97. The predicted octanol–water partition coefficient (Wildman–Crippen LogP) is 1.88. The molecule has 3 rings (SSSR count). The summed E-state index contributed by atoms with van der Waals surface area (Å²) in [6, 6.07) is 17.2. The molecule has 1 atom stereocenters. The van der Waals surface area contributed by atoms with E-state index >= 15 is 0 Å². The average Bonchev–Trinajstić information content (AvgIpc) is 2.72. The first kappa shape index (κ1) is 18.6. The number of hydrogen-bond donors (Lipinski definition) is 2. The molecule has 3 amide bonds. The summed E-state index contributed by atoms with van der Waals surface area (Å²) < 4.78 is 0. The van der Waals surface area contributed by atoms with Gasteiger partial charge in [-0.2, -0.15) is 0 Å². The fourth-order valence-electron chi connectivity index (χ4n) is 3.30. The Kier molecular flexibility index (Phi) is 5.86. The van der Waals surface area contributed by atoms with Crippen molar-refractivity contribution in [1.82, 2.24) is 10.2 Å². The number of carbonyl (C=O) groups is 3. The first-order valence-corrected chi connectivity index (χ1v) is 9.05. The van der Waals surface area contributed by atoms with Crippen LogP contribution in [0.25, 0.3) is 0 Å². The summed E-state index contributed by atoms with van der Waals surface area (Å²) in [4.78, 5) is 38.8. The van der Waals surface area contributed by atoms with Gasteiger partial charge in [0.05, 0.1) is 0 Å². The maximum absolute atomic E-state index is 13.1. The Morgan fingerprint density at radius 2 is 1.48 bits per heavy atom. The van der Waals surface area contributed by atoms with Gasteiger partial charge in [-0.15, -0.1) is 0 Å². The Hall–Kier alpha value is -3.15. The number of nitrogens with two attached hydrogens (primary N) is 1. The quantitative estimate of drug-likeness (QED) is 0.847. The van der Waals surface area contributed by atoms with Gasteiger partial charge in [0, 0.05) is 24.6 Å². The minimum atomic E-state index is -0.774. The third-order valence-electron chi connectivity index (χ3n) is 4.90. The summed E-state index contributed by atoms with van der Waals surface area (Å²) in [5.41, 5.74) is 6.60. The molecule has 6 nitrogen and oxygen atoms in total. The van der Waals surface area contributed by atoms with Crippen molar-refractivity contribution >= 4 is 17.7 Å². The fraction of sp³-hybridized carbons (Fsp3) is 0.286. The normalized spacial score (nSPS) is 15.8. The van der Waals surface area contributed by atoms with Gasteiger partial charge in [0.2, 0.25) is 11.8 Å². The lowest BCUT2D eigenvalue weighted by Gasteiger charge is -2.33. The van der Waals surface area contributed by atoms with E-state index in [2.05, 4.69) is 5.32 Å². The number of carbonyl (C=O) groups excluding carboxylic acids is 3. The van der Waals surface area contributed by atoms with E-state index in [1.165, 1.54) is 0 Å². The Labute approximate surface area is 158 Å². The van der Waals surface area contributed by atoms with E-state index < -0.39 is 6.04 Å². The minimum Gasteiger partial charge on any atom is -0.369 e. The topological polar surface area (TPSA) is 92.5 Å². The van der Waals surface area contributed by atoms with Gasteiger partial charge in [0.1, 0.15) is 6.04 Å². The summed E-state index contributed by atoms with van der Waals surface area (Å²) in [7, 11) is 0. The van der Waals surface area contributed by atoms with Gasteiger partial charge in [0.15, 0.2) is 0 Å². The highest BCUT2D eigenvalue weighted by Gasteiger charge is 2.31. The number of hydrogen-bond acceptors (Lipinski definition) is 3. The van der Waals surface area contributed by atoms with Gasteiger partial charge in [-0.25, -0.2) is 0 Å². The molecule has 27 heavy (non-hydrogen) atoms. The fourth-order valence-corrected chi connectivity index (χ4v) is 3.30. The van der Waals surface area contributed by atoms with Crippen LogP contribution in [0, 0.1) is 5.92 Å². The van der Waals surface area contributed by atoms with E-state index in [4.69, 9.17) is 5.73 Å². The molecule has 2 aromatic rings. The zero-order valence-electron chi connectivity index (χ0n) is 15.0. The van der Waals surface area contributed by atoms with Gasteiger partial charge < -0.3 is 16.0 Å². The largest absolute Gasteiger partial charge is 0.369 e. The van der Waals surface area contributed by atoms with Crippen LogP contribution in [0.3, 0.4) is 0 Å². The summed E-state index contributed by atoms with van der Waals surface area (Å²) >= 11 is 0. The lowest BCUT2D eigenvalue weighted by molar-refractivity contribution is -0.136. The van der Waals surface area contributed by atoms with E-state index in [-0.39, 0.29) is 23.6 Å². The van der Waals surface area contributed by atoms with Gasteiger partial charge in [-0.3, -0.25) is 14.4 Å². The van der Waals surface area contributed by atoms with E-state index in [0.29, 0.717) is 31.5 Å². The smallest absolute Gasteiger partial charge is 0.252 e. The third kappa shape index (κ3) is 4.53. The molecular weight excluding hydrogens is 342 g/mol. The van der Waals surface area contributed by atoms with Crippen LogP contribution in [0.1, 0.15) is 34.8 Å². The van der Waals surface area contributed by atoms with Gasteiger partial charge >= 0.3 is 0 Å². The van der Waals surface area contributed by atoms with Crippen molar-refractivity contribution in [2.75, 3.05) is 13.1 Å². The number of benzene rings is 2. The molecule has 0 radical (unpaired) electrons. The Morgan fingerprint density at radius 1 is 0.926 bits per heavy atom. The molecule has 0 aromatic heterocycles. The molecule has 3 N–H and O–H groups in total. The number of nitrogens with zero attached hydrogens (tertiary/aromatic N) is 1. The first-order valence-electron chi connectivity index (χ1n) is 9.05. The number of likely N-dealkylation sites (tertiary alicyclic amines) is 1. The molecule has 1 fully saturated rings. The van der Waals surface area contributed by atoms with Crippen LogP contribution in [0.15, 0.2) is 60.7 Å². The van der Waals surface area contributed by atoms with Crippen LogP contribution in [0.5, 0.6) is 0 Å². The molecule has 0 aliphatic carbocycles. The van der Waals surface area contributed by atoms with E-state index in [1.54, 1.807) is 29.2 Å². The average molecular weight is 365 g/mol. The molecule has 0 spiro atoms. The van der Waals surface area contributed by atoms with Crippen molar-refractivity contribution in [1.29, 1.82) is 0 Å². The number of primary amides is 1. The van der Waals surface area contributed by atoms with Crippen LogP contribution in [-0.4, -0.2) is 35.7 Å². The summed E-state index contributed by atoms with van der Waals surface area (Å²) in [6.45, 7) is 0.911. The third-order valence-corrected chi connectivity index (χ3v) is 4.90. The van der Waals surface area contributed by atoms with Gasteiger partial charge in [-0.1, -0.05) is 48.5 Å². The maximum Gasteiger partial charge on any atom is 0.252 e. The zero-order valence-corrected chi connectivity index (χ0v) is 15.0. The van der Waals surface area contributed by atoms with E-state index in [1.807, 2.05) is 36.4 Å². The molecule has 1 aliphatic rings. The molecule has 1 aliphatic heterocycles. The second kappa shape index (κ2) is 8.49. The highest BCUT2D eigenvalue weighted by atomic mass is 16.2. The van der Waals surface area contributed by atoms with Gasteiger partial charge in [-0.05, 0) is 30.5 Å². The first-order chi connectivity index (χ1) is 13.1. The van der Waals surface area contributed by atoms with Crippen molar-refractivity contribution < 1.29 is 14.4 Å². The van der Waals surface area contributed by atoms with Crippen molar-refractivity contribution in [2.24, 2.45) is 11.7 Å². The Bertz CT molecular complexity index is 800. The summed E-state index contributed by atoms with van der Waals surface area (Å²) in [6.07, 6.45) is 1.10. The van der Waals surface area contributed by atoms with Crippen LogP contribution in [0.2, 0.25) is 0 Å². The number of amides is 3. The lowest BCUT2D eigenvalue weighted by Crippen LogP contribution is -2.47. The van der Waals surface area contributed by atoms with Crippen molar-refractivity contribution in [3.8, 4) is 0 Å². The molecule has 140 valence electrons. The molecular formula is C21H23N3O3. The highest BCUT2D eigenvalue weighted by Crippen LogP contribution is 2.22. The molecule has 1 saturated heterocycles. The SMILES string of the molecule is NC(=O)C1CCN(C(=O)C(NC(=O)c2ccccc2)c2ccccc2)CC1. The van der Waals surface area contributed by atoms with E-state index in [9.17, 15) is 14.4 Å². The standard InChI is InChI=1S/C21H23N3O3/c22-19(25)16-11-13-24(14-12-16)21(27)18(15-7-3-1-4-8-15)23-20(26)17-9-5-2-6-10-17/h1-10,16,18H,11-14H2,(H2,22,25)(H,23,26). The number of rotatable bonds is 5. The monoisotopic (exact) mass is 365 g/mol. The lowest BCUT2D eigenvalue weighted by atomic mass is 9.95. The molecule has 1 unspecified atom stereocenters. The number of nitrogens with one attached hydrogen (secondary N) is 1. The predicted molar refractivity (Wildman–Crippen MR) is 102 cm³/mol. The van der Waals surface area contributed by atoms with Crippen LogP contribution in [0.4, 0.5) is 0 Å². The van der Waals surface area contributed by atoms with Crippen LogP contribution >= 0.6 is 0 Å². The second-order valence-corrected chi connectivity index (χ2v) is 6.69. The molecule has 6 heteroatoms. The summed E-state index contributed by atoms with van der Waals surface area (Å²) in [5.74, 6) is -0.986. The Balaban J connectivity index is 1.77. The summed E-state index contributed by atoms with van der Waals surface area (Å²) in [5, 5.41) is 2.86. The Morgan fingerprint density at radius 3 is 2.04 bits per heavy atom. The van der Waals surface area contributed by atoms with Crippen molar-refractivity contribution in [2.45, 2.75) is 18.9 Å².